The molecule has 0 saturated heterocycles. The topological polar surface area (TPSA) is 52.6 Å². The van der Waals surface area contributed by atoms with Crippen molar-refractivity contribution in [2.24, 2.45) is 0 Å². The molecule has 0 aromatic carbocycles. The van der Waals surface area contributed by atoms with Crippen LogP contribution in [0.1, 0.15) is 34.1 Å². The van der Waals surface area contributed by atoms with E-state index in [1.54, 1.807) is 0 Å². The van der Waals surface area contributed by atoms with Crippen LogP contribution >= 0.6 is 0 Å². The Balaban J connectivity index is 3.92. The molecule has 0 aromatic rings. The molecule has 0 aliphatic heterocycles. The highest BCUT2D eigenvalue weighted by Gasteiger charge is 2.19. The molecule has 0 aliphatic carbocycles. The van der Waals surface area contributed by atoms with E-state index in [0.29, 0.717) is 6.54 Å². The van der Waals surface area contributed by atoms with Crippen molar-refractivity contribution in [2.45, 2.75) is 39.7 Å². The van der Waals surface area contributed by atoms with Crippen molar-refractivity contribution in [2.75, 3.05) is 19.7 Å². The van der Waals surface area contributed by atoms with Crippen molar-refractivity contribution in [1.82, 2.24) is 4.90 Å². The molecule has 0 aromatic heterocycles. The molecule has 0 radical (unpaired) electrons. The smallest absolute Gasteiger partial charge is 0.0842 e. The first kappa shape index (κ1) is 14.0. The van der Waals surface area contributed by atoms with Crippen LogP contribution < -0.4 is 0 Å². The van der Waals surface area contributed by atoms with Gasteiger partial charge in [0.15, 0.2) is 0 Å². The summed E-state index contributed by atoms with van der Waals surface area (Å²) in [7, 11) is 0. The Labute approximate surface area is 89.1 Å². The first-order valence-electron chi connectivity index (χ1n) is 4.85. The fourth-order valence-corrected chi connectivity index (χ4v) is 1.48. The third-order valence-electron chi connectivity index (χ3n) is 1.98. The molecular formula is C9H20NO3S-. The minimum Gasteiger partial charge on any atom is -0.750 e. The highest BCUT2D eigenvalue weighted by molar-refractivity contribution is 7.74. The quantitative estimate of drug-likeness (QED) is 0.636. The Bertz CT molecular complexity index is 179. The predicted octanol–water partition coefficient (Wildman–Crippen LogP) is 1.31. The monoisotopic (exact) mass is 222 g/mol. The third-order valence-corrected chi connectivity index (χ3v) is 2.34. The van der Waals surface area contributed by atoms with E-state index in [2.05, 4.69) is 36.8 Å². The summed E-state index contributed by atoms with van der Waals surface area (Å²) in [5.74, 6) is 0. The van der Waals surface area contributed by atoms with E-state index in [9.17, 15) is 8.76 Å². The SMILES string of the molecule is CCCN(CCOS(=O)[O-])C(C)(C)C. The van der Waals surface area contributed by atoms with E-state index in [-0.39, 0.29) is 12.1 Å². The van der Waals surface area contributed by atoms with E-state index in [4.69, 9.17) is 0 Å². The van der Waals surface area contributed by atoms with E-state index < -0.39 is 11.4 Å². The molecule has 14 heavy (non-hydrogen) atoms. The van der Waals surface area contributed by atoms with Gasteiger partial charge >= 0.3 is 0 Å². The maximum absolute atomic E-state index is 10.1. The second-order valence-corrected chi connectivity index (χ2v) is 4.83. The molecule has 0 fully saturated rings. The summed E-state index contributed by atoms with van der Waals surface area (Å²) in [6.45, 7) is 10.3. The van der Waals surface area contributed by atoms with Crippen molar-refractivity contribution in [3.05, 3.63) is 0 Å². The maximum atomic E-state index is 10.1. The fraction of sp³-hybridized carbons (Fsp3) is 1.00. The Morgan fingerprint density at radius 2 is 1.93 bits per heavy atom. The average molecular weight is 222 g/mol. The Morgan fingerprint density at radius 1 is 1.36 bits per heavy atom. The number of hydrogen-bond acceptors (Lipinski definition) is 4. The highest BCUT2D eigenvalue weighted by Crippen LogP contribution is 2.12. The normalized spacial score (nSPS) is 14.7. The van der Waals surface area contributed by atoms with E-state index >= 15 is 0 Å². The van der Waals surface area contributed by atoms with Crippen LogP contribution in [0.3, 0.4) is 0 Å². The number of hydrogen-bond donors (Lipinski definition) is 0. The first-order chi connectivity index (χ1) is 6.38. The lowest BCUT2D eigenvalue weighted by Crippen LogP contribution is -2.43. The zero-order chi connectivity index (χ0) is 11.2. The lowest BCUT2D eigenvalue weighted by atomic mass is 10.1. The van der Waals surface area contributed by atoms with Gasteiger partial charge in [-0.3, -0.25) is 9.08 Å². The average Bonchev–Trinajstić information content (AvgIpc) is 2.00. The van der Waals surface area contributed by atoms with E-state index in [1.165, 1.54) is 0 Å². The van der Waals surface area contributed by atoms with Gasteiger partial charge < -0.3 is 4.55 Å². The van der Waals surface area contributed by atoms with Crippen molar-refractivity contribution in [3.63, 3.8) is 0 Å². The fourth-order valence-electron chi connectivity index (χ4n) is 1.27. The molecule has 1 unspecified atom stereocenters. The molecule has 1 atom stereocenters. The maximum Gasteiger partial charge on any atom is 0.0842 e. The van der Waals surface area contributed by atoms with Gasteiger partial charge in [0, 0.05) is 12.1 Å². The van der Waals surface area contributed by atoms with Gasteiger partial charge in [0.1, 0.15) is 0 Å². The minimum atomic E-state index is -2.39. The second kappa shape index (κ2) is 6.50. The zero-order valence-corrected chi connectivity index (χ0v) is 10.2. The van der Waals surface area contributed by atoms with Gasteiger partial charge in [-0.2, -0.15) is 0 Å². The van der Waals surface area contributed by atoms with E-state index in [1.807, 2.05) is 0 Å². The van der Waals surface area contributed by atoms with Gasteiger partial charge in [0.05, 0.1) is 18.0 Å². The Kier molecular flexibility index (Phi) is 6.52. The summed E-state index contributed by atoms with van der Waals surface area (Å²) in [6, 6.07) is 0. The van der Waals surface area contributed by atoms with Gasteiger partial charge in [-0.05, 0) is 33.7 Å². The first-order valence-corrected chi connectivity index (χ1v) is 5.85. The van der Waals surface area contributed by atoms with Gasteiger partial charge in [0.2, 0.25) is 0 Å². The highest BCUT2D eigenvalue weighted by atomic mass is 32.2. The second-order valence-electron chi connectivity index (χ2n) is 4.18. The molecule has 0 saturated carbocycles. The van der Waals surface area contributed by atoms with Crippen LogP contribution in [0, 0.1) is 0 Å². The van der Waals surface area contributed by atoms with Crippen molar-refractivity contribution in [3.8, 4) is 0 Å². The van der Waals surface area contributed by atoms with E-state index in [0.717, 1.165) is 13.0 Å². The van der Waals surface area contributed by atoms with Gasteiger partial charge in [0.25, 0.3) is 0 Å². The standard InChI is InChI=1S/C9H21NO3S/c1-5-6-10(9(2,3)4)7-8-13-14(11)12/h5-8H2,1-4H3,(H,11,12)/p-1. The van der Waals surface area contributed by atoms with Crippen LogP contribution in [0.15, 0.2) is 0 Å². The largest absolute Gasteiger partial charge is 0.750 e. The number of rotatable bonds is 6. The number of nitrogens with zero attached hydrogens (tertiary/aromatic N) is 1. The zero-order valence-electron chi connectivity index (χ0n) is 9.41. The molecule has 0 amide bonds. The summed E-state index contributed by atoms with van der Waals surface area (Å²) in [5, 5.41) is 0. The van der Waals surface area contributed by atoms with Crippen LogP contribution in [0.4, 0.5) is 0 Å². The minimum absolute atomic E-state index is 0.0593. The molecule has 0 spiro atoms. The van der Waals surface area contributed by atoms with Gasteiger partial charge in [-0.15, -0.1) is 0 Å². The van der Waals surface area contributed by atoms with Gasteiger partial charge in [-0.1, -0.05) is 6.92 Å². The summed E-state index contributed by atoms with van der Waals surface area (Å²) in [4.78, 5) is 2.21. The molecular weight excluding hydrogens is 202 g/mol. The van der Waals surface area contributed by atoms with Crippen LogP contribution in [0.2, 0.25) is 0 Å². The lowest BCUT2D eigenvalue weighted by Gasteiger charge is -2.35. The van der Waals surface area contributed by atoms with Crippen molar-refractivity contribution in [1.29, 1.82) is 0 Å². The predicted molar refractivity (Wildman–Crippen MR) is 56.5 cm³/mol. The summed E-state index contributed by atoms with van der Waals surface area (Å²) < 4.78 is 24.8. The molecule has 0 N–H and O–H groups in total. The van der Waals surface area contributed by atoms with Crippen LogP contribution in [-0.2, 0) is 15.5 Å². The lowest BCUT2D eigenvalue weighted by molar-refractivity contribution is 0.113. The molecule has 0 rings (SSSR count). The molecule has 0 heterocycles. The van der Waals surface area contributed by atoms with Crippen molar-refractivity contribution < 1.29 is 12.9 Å². The van der Waals surface area contributed by atoms with Crippen molar-refractivity contribution >= 4 is 11.4 Å². The summed E-state index contributed by atoms with van der Waals surface area (Å²) in [6.07, 6.45) is 1.05. The van der Waals surface area contributed by atoms with Crippen LogP contribution in [-0.4, -0.2) is 38.9 Å². The third kappa shape index (κ3) is 6.48. The molecule has 0 bridgehead atoms. The molecule has 5 heteroatoms. The molecule has 86 valence electrons. The Morgan fingerprint density at radius 3 is 2.29 bits per heavy atom. The Hall–Kier alpha value is 0.0300. The molecule has 4 nitrogen and oxygen atoms in total. The van der Waals surface area contributed by atoms with Crippen LogP contribution in [0.25, 0.3) is 0 Å². The summed E-state index contributed by atoms with van der Waals surface area (Å²) in [5.41, 5.74) is 0.0593. The van der Waals surface area contributed by atoms with Gasteiger partial charge in [-0.25, -0.2) is 4.21 Å². The summed E-state index contributed by atoms with van der Waals surface area (Å²) >= 11 is -2.39. The van der Waals surface area contributed by atoms with Crippen LogP contribution in [0.5, 0.6) is 0 Å². The molecule has 0 aliphatic rings.